The molecule has 0 aliphatic heterocycles. The van der Waals surface area contributed by atoms with Gasteiger partial charge in [0.2, 0.25) is 65.1 Å². The Labute approximate surface area is 736 Å². The van der Waals surface area contributed by atoms with Crippen LogP contribution in [0.25, 0.3) is 22.3 Å². The van der Waals surface area contributed by atoms with E-state index in [0.29, 0.717) is 17.1 Å². The lowest BCUT2D eigenvalue weighted by molar-refractivity contribution is -0.144. The Balaban J connectivity index is 1.11. The highest BCUT2D eigenvalue weighted by Gasteiger charge is 2.38. The van der Waals surface area contributed by atoms with Crippen LogP contribution < -0.4 is 114 Å². The molecule has 2 aromatic carbocycles. The van der Waals surface area contributed by atoms with Crippen molar-refractivity contribution in [1.29, 1.82) is 10.8 Å². The van der Waals surface area contributed by atoms with Crippen molar-refractivity contribution in [3.05, 3.63) is 104 Å². The Hall–Kier alpha value is -16.6. The number of guanidine groups is 2. The van der Waals surface area contributed by atoms with E-state index >= 15 is 0 Å². The Kier molecular flexibility index (Phi) is 39.2. The highest BCUT2D eigenvalue weighted by Crippen LogP contribution is 2.17. The minimum absolute atomic E-state index is 0.00199. The van der Waals surface area contributed by atoms with Crippen LogP contribution in [0.2, 0.25) is 0 Å². The Morgan fingerprint density at radius 1 is 0.362 bits per heavy atom. The number of nitrogen functional groups attached to an aromatic ring is 2. The van der Waals surface area contributed by atoms with Gasteiger partial charge in [-0.3, -0.25) is 112 Å². The number of aromatic amines is 2. The molecule has 56 nitrogen and oxygen atoms in total. The number of rotatable bonds is 54. The van der Waals surface area contributed by atoms with Crippen LogP contribution in [0.5, 0.6) is 0 Å². The number of nitrogens with one attached hydrogen (secondary N) is 19. The molecule has 4 heterocycles. The molecule has 0 radical (unpaired) electrons. The number of nitrogens with two attached hydrogens (primary N) is 4. The van der Waals surface area contributed by atoms with Gasteiger partial charge < -0.3 is 138 Å². The second kappa shape index (κ2) is 49.8. The first-order valence-corrected chi connectivity index (χ1v) is 39.4. The molecule has 130 heavy (non-hydrogen) atoms. The van der Waals surface area contributed by atoms with Gasteiger partial charge in [-0.2, -0.15) is 22.6 Å². The third-order valence-corrected chi connectivity index (χ3v) is 18.5. The zero-order valence-electron chi connectivity index (χ0n) is 68.2. The van der Waals surface area contributed by atoms with Crippen molar-refractivity contribution in [1.82, 2.24) is 109 Å². The number of carbonyl (C=O) groups is 18. The lowest BCUT2D eigenvalue weighted by Crippen LogP contribution is -2.60. The predicted molar refractivity (Wildman–Crippen MR) is 450 cm³/mol. The summed E-state index contributed by atoms with van der Waals surface area (Å²) in [5, 5.41) is 119. The number of H-pyrrole nitrogens is 2. The van der Waals surface area contributed by atoms with Gasteiger partial charge in [0, 0.05) is 47.9 Å². The van der Waals surface area contributed by atoms with Crippen LogP contribution in [-0.2, 0) is 89.8 Å². The van der Waals surface area contributed by atoms with E-state index in [2.05, 4.69) is 122 Å². The standard InChI is InChI=1S/C73H93N29O27S/c74-70(75)81-17-3-6-37(90-62(121)40(20-47(105)106)92-56(115)30-8-12-32(13-9-30)83-25-34-27-85-54-52(87-34)67(126)101-72(78)99-54)59(118)95-43(23-50(111)112)65(124)94-39(19-46(103)104)58(117)80-16-2-1-5-36(61(120)98-45(29-130)69(128)129)89-64(123)42(22-49(109)110)97-66(125)44(24-51(113)114)96-60(119)38(7-4-18-82-71(76)77)91-63(122)41(21-48(107)108)93-57(116)31-10-14-33(15-11-31)84-26-35-28-86-55-53(88-35)68(127)102-73(79)100-55/h8-15,27-28,36-45,83-84,130H,1-7,16-26,29H2,(H,80,117)(H,89,123)(H,90,121)(H,91,122)(H,92,115)(H,93,116)(H,94,124)(H,95,118)(H,96,119)(H,97,125)(H,98,120)(H,103,104)(H,105,106)(H,107,108)(H,109,110)(H,111,112)(H,113,114)(H,128,129)(H4,74,75,81)(H4,76,77,82)(H3,78,85,99,101,126)(H3,79,86,100,102,127)/t36?,37-,38-,39-,40-,41-,42-,43-,44-,45+/m0/s1. The van der Waals surface area contributed by atoms with Gasteiger partial charge in [-0.1, -0.05) is 0 Å². The summed E-state index contributed by atoms with van der Waals surface area (Å²) >= 11 is 3.91. The van der Waals surface area contributed by atoms with Gasteiger partial charge in [-0.15, -0.1) is 0 Å². The number of carbonyl (C=O) groups excluding carboxylic acids is 11. The van der Waals surface area contributed by atoms with Gasteiger partial charge in [0.15, 0.2) is 34.2 Å². The number of fused-ring (bicyclic) bond motifs is 2. The molecule has 11 amide bonds. The van der Waals surface area contributed by atoms with Crippen LogP contribution in [0.3, 0.4) is 0 Å². The first-order valence-electron chi connectivity index (χ1n) is 38.8. The number of aromatic nitrogens is 8. The Morgan fingerprint density at radius 2 is 0.638 bits per heavy atom. The molecule has 34 N–H and O–H groups in total. The minimum atomic E-state index is -2.31. The highest BCUT2D eigenvalue weighted by atomic mass is 32.1. The lowest BCUT2D eigenvalue weighted by Gasteiger charge is -2.26. The second-order valence-electron chi connectivity index (χ2n) is 28.2. The summed E-state index contributed by atoms with van der Waals surface area (Å²) in [6.45, 7) is -0.831. The molecular formula is C73H93N29O27S. The van der Waals surface area contributed by atoms with Gasteiger partial charge in [-0.05, 0) is 93.5 Å². The number of anilines is 4. The Morgan fingerprint density at radius 3 is 0.938 bits per heavy atom. The maximum atomic E-state index is 14.2. The zero-order valence-corrected chi connectivity index (χ0v) is 69.1. The van der Waals surface area contributed by atoms with Crippen molar-refractivity contribution in [2.45, 2.75) is 157 Å². The molecule has 57 heteroatoms. The van der Waals surface area contributed by atoms with Gasteiger partial charge in [0.25, 0.3) is 22.9 Å². The first-order chi connectivity index (χ1) is 61.4. The fraction of sp³-hybridized carbons (Fsp3) is 0.397. The first kappa shape index (κ1) is 102. The predicted octanol–water partition coefficient (Wildman–Crippen LogP) is -8.42. The maximum absolute atomic E-state index is 14.2. The number of carboxylic acids is 7. The van der Waals surface area contributed by atoms with Crippen LogP contribution in [-0.4, -0.2) is 280 Å². The fourth-order valence-corrected chi connectivity index (χ4v) is 12.0. The maximum Gasteiger partial charge on any atom is 0.327 e. The molecule has 0 bridgehead atoms. The molecule has 0 aliphatic carbocycles. The van der Waals surface area contributed by atoms with E-state index in [4.69, 9.17) is 33.8 Å². The molecule has 0 spiro atoms. The number of amides is 11. The van der Waals surface area contributed by atoms with E-state index in [-0.39, 0.29) is 103 Å². The largest absolute Gasteiger partial charge is 0.481 e. The normalized spacial score (nSPS) is 13.2. The summed E-state index contributed by atoms with van der Waals surface area (Å²) in [4.78, 5) is 292. The summed E-state index contributed by atoms with van der Waals surface area (Å²) in [5.74, 6) is -28.8. The summed E-state index contributed by atoms with van der Waals surface area (Å²) < 4.78 is 0. The van der Waals surface area contributed by atoms with Gasteiger partial charge >= 0.3 is 41.8 Å². The number of benzene rings is 2. The van der Waals surface area contributed by atoms with Crippen LogP contribution in [0.4, 0.5) is 23.3 Å². The average molecular weight is 1840 g/mol. The topological polar surface area (TPSA) is 924 Å². The summed E-state index contributed by atoms with van der Waals surface area (Å²) in [6.07, 6.45) is -7.18. The van der Waals surface area contributed by atoms with Gasteiger partial charge in [0.1, 0.15) is 60.4 Å². The Bertz CT molecular complexity index is 5380. The molecular weight excluding hydrogens is 1750 g/mol. The molecule has 0 saturated carbocycles. The van der Waals surface area contributed by atoms with E-state index in [1.54, 1.807) is 0 Å². The smallest absolute Gasteiger partial charge is 0.327 e. The van der Waals surface area contributed by atoms with E-state index in [1.165, 1.54) is 60.9 Å². The molecule has 0 aliphatic rings. The number of aliphatic carboxylic acids is 7. The minimum Gasteiger partial charge on any atom is -0.481 e. The van der Waals surface area contributed by atoms with Crippen molar-refractivity contribution in [3.8, 4) is 0 Å². The van der Waals surface area contributed by atoms with Crippen molar-refractivity contribution >= 4 is 177 Å². The molecule has 6 aromatic rings. The van der Waals surface area contributed by atoms with Crippen molar-refractivity contribution in [2.24, 2.45) is 11.5 Å². The van der Waals surface area contributed by atoms with Gasteiger partial charge in [0.05, 0.1) is 75.4 Å². The third-order valence-electron chi connectivity index (χ3n) is 18.1. The van der Waals surface area contributed by atoms with E-state index < -0.39 is 260 Å². The number of thiol groups is 1. The SMILES string of the molecule is N=C(N)NCCC[C@H](NC(=O)[C@H](CC(=O)O)NC(=O)c1ccc(NCc2cnc3nc(N)[nH]c(=O)c3n2)cc1)C(=O)N[C@@H](CC(=O)O)C(=O)N[C@@H](CC(=O)O)C(=O)NCCCCC(NC(=O)[C@H](CC(=O)O)NC(=O)[C@H](CC(=O)O)NC(=O)[C@H](CCCNC(=N)N)NC(=O)[C@H](CC(=O)O)NC(=O)c1ccc(NCc2cnc3nc(N)[nH]c(=O)c3n2)cc1)C(=O)N[C@H](CS)C(=O)O. The number of nitrogens with zero attached hydrogens (tertiary/aromatic N) is 6. The molecule has 698 valence electrons. The van der Waals surface area contributed by atoms with E-state index in [1.807, 2.05) is 10.6 Å². The van der Waals surface area contributed by atoms with E-state index in [9.17, 15) is 132 Å². The van der Waals surface area contributed by atoms with Crippen molar-refractivity contribution in [3.63, 3.8) is 0 Å². The van der Waals surface area contributed by atoms with Crippen molar-refractivity contribution < 1.29 is 122 Å². The van der Waals surface area contributed by atoms with Crippen LogP contribution in [0.1, 0.15) is 116 Å². The van der Waals surface area contributed by atoms with Crippen molar-refractivity contribution in [2.75, 3.05) is 47.5 Å². The van der Waals surface area contributed by atoms with E-state index in [0.717, 1.165) is 0 Å². The molecule has 6 rings (SSSR count). The molecule has 10 atom stereocenters. The summed E-state index contributed by atoms with van der Waals surface area (Å²) in [6, 6.07) is -9.47. The van der Waals surface area contributed by atoms with Gasteiger partial charge in [-0.25, -0.2) is 24.7 Å². The van der Waals surface area contributed by atoms with Crippen LogP contribution in [0, 0.1) is 10.8 Å². The lowest BCUT2D eigenvalue weighted by atomic mass is 10.0. The fourth-order valence-electron chi connectivity index (χ4n) is 11.8. The zero-order chi connectivity index (χ0) is 96.2. The number of unbranched alkanes of at least 4 members (excludes halogenated alkanes) is 1. The summed E-state index contributed by atoms with van der Waals surface area (Å²) in [7, 11) is 0. The molecule has 4 aromatic heterocycles. The van der Waals surface area contributed by atoms with Crippen LogP contribution >= 0.6 is 12.6 Å². The highest BCUT2D eigenvalue weighted by molar-refractivity contribution is 7.80. The third kappa shape index (κ3) is 34.2. The molecule has 0 saturated heterocycles. The molecule has 1 unspecified atom stereocenters. The van der Waals surface area contributed by atoms with Crippen LogP contribution in [0.15, 0.2) is 70.5 Å². The monoisotopic (exact) mass is 1840 g/mol. The molecule has 0 fully saturated rings. The summed E-state index contributed by atoms with van der Waals surface area (Å²) in [5.41, 5.74) is 21.5. The second-order valence-corrected chi connectivity index (χ2v) is 28.6. The quantitative estimate of drug-likeness (QED) is 0.00730. The number of carboxylic acid groups (broad SMARTS) is 7. The number of hydrogen-bond donors (Lipinski definition) is 31. The average Bonchev–Trinajstić information content (AvgIpc) is 0.811. The number of hydrogen-bond acceptors (Lipinski definition) is 33.